The van der Waals surface area contributed by atoms with Crippen molar-refractivity contribution in [1.29, 1.82) is 0 Å². The highest BCUT2D eigenvalue weighted by Crippen LogP contribution is 2.20. The van der Waals surface area contributed by atoms with Crippen LogP contribution in [0.5, 0.6) is 0 Å². The van der Waals surface area contributed by atoms with Gasteiger partial charge in [-0.1, -0.05) is 11.6 Å². The summed E-state index contributed by atoms with van der Waals surface area (Å²) >= 11 is 5.52. The third kappa shape index (κ3) is 3.18. The molecule has 0 unspecified atom stereocenters. The van der Waals surface area contributed by atoms with E-state index in [4.69, 9.17) is 11.6 Å². The molecule has 5 heteroatoms. The molecule has 0 saturated heterocycles. The first-order valence-electron chi connectivity index (χ1n) is 4.29. The predicted molar refractivity (Wildman–Crippen MR) is 56.3 cm³/mol. The van der Waals surface area contributed by atoms with E-state index in [9.17, 15) is 14.3 Å². The van der Waals surface area contributed by atoms with Crippen LogP contribution >= 0.6 is 11.6 Å². The summed E-state index contributed by atoms with van der Waals surface area (Å²) in [6.07, 6.45) is 0. The molecular formula is C10H11ClFNO2. The standard InChI is InChI=1S/C10H11ClFNO2/c1-10(2,15)9(14)13-6-3-4-8(12)7(11)5-6/h3-5,15H,1-2H3,(H,13,14). The van der Waals surface area contributed by atoms with E-state index in [1.165, 1.54) is 26.0 Å². The normalized spacial score (nSPS) is 11.3. The molecule has 1 rings (SSSR count). The number of anilines is 1. The first kappa shape index (κ1) is 11.9. The van der Waals surface area contributed by atoms with Gasteiger partial charge in [-0.05, 0) is 32.0 Å². The highest BCUT2D eigenvalue weighted by molar-refractivity contribution is 6.31. The molecule has 15 heavy (non-hydrogen) atoms. The maximum atomic E-state index is 12.8. The molecule has 0 bridgehead atoms. The summed E-state index contributed by atoms with van der Waals surface area (Å²) in [7, 11) is 0. The third-order valence-electron chi connectivity index (χ3n) is 1.73. The molecule has 0 atom stereocenters. The van der Waals surface area contributed by atoms with E-state index in [0.29, 0.717) is 5.69 Å². The second-order valence-corrected chi connectivity index (χ2v) is 4.05. The maximum Gasteiger partial charge on any atom is 0.255 e. The van der Waals surface area contributed by atoms with Crippen LogP contribution in [0.25, 0.3) is 0 Å². The number of carbonyl (C=O) groups is 1. The van der Waals surface area contributed by atoms with Gasteiger partial charge in [0.05, 0.1) is 5.02 Å². The van der Waals surface area contributed by atoms with E-state index in [-0.39, 0.29) is 5.02 Å². The number of benzene rings is 1. The van der Waals surface area contributed by atoms with Crippen molar-refractivity contribution in [1.82, 2.24) is 0 Å². The van der Waals surface area contributed by atoms with Crippen LogP contribution in [-0.4, -0.2) is 16.6 Å². The zero-order valence-electron chi connectivity index (χ0n) is 8.34. The lowest BCUT2D eigenvalue weighted by Crippen LogP contribution is -2.36. The van der Waals surface area contributed by atoms with Crippen LogP contribution in [0.15, 0.2) is 18.2 Å². The van der Waals surface area contributed by atoms with Crippen molar-refractivity contribution in [2.24, 2.45) is 0 Å². The molecule has 0 fully saturated rings. The molecule has 1 amide bonds. The van der Waals surface area contributed by atoms with Crippen LogP contribution in [0.4, 0.5) is 10.1 Å². The SMILES string of the molecule is CC(C)(O)C(=O)Nc1ccc(F)c(Cl)c1. The van der Waals surface area contributed by atoms with Crippen LogP contribution in [0.1, 0.15) is 13.8 Å². The number of halogens is 2. The van der Waals surface area contributed by atoms with Crippen molar-refractivity contribution in [2.45, 2.75) is 19.4 Å². The number of rotatable bonds is 2. The summed E-state index contributed by atoms with van der Waals surface area (Å²) < 4.78 is 12.8. The van der Waals surface area contributed by atoms with Crippen LogP contribution in [0.2, 0.25) is 5.02 Å². The molecule has 0 aliphatic heterocycles. The molecule has 2 N–H and O–H groups in total. The Labute approximate surface area is 91.9 Å². The summed E-state index contributed by atoms with van der Waals surface area (Å²) in [5.74, 6) is -1.14. The number of amides is 1. The van der Waals surface area contributed by atoms with Crippen molar-refractivity contribution >= 4 is 23.2 Å². The Morgan fingerprint density at radius 3 is 2.60 bits per heavy atom. The smallest absolute Gasteiger partial charge is 0.255 e. The molecule has 1 aromatic rings. The Morgan fingerprint density at radius 1 is 1.53 bits per heavy atom. The monoisotopic (exact) mass is 231 g/mol. The number of hydrogen-bond donors (Lipinski definition) is 2. The summed E-state index contributed by atoms with van der Waals surface area (Å²) in [5.41, 5.74) is -1.14. The molecule has 0 spiro atoms. The Morgan fingerprint density at radius 2 is 2.13 bits per heavy atom. The van der Waals surface area contributed by atoms with E-state index in [1.54, 1.807) is 0 Å². The van der Waals surface area contributed by atoms with Gasteiger partial charge >= 0.3 is 0 Å². The molecule has 3 nitrogen and oxygen atoms in total. The zero-order valence-corrected chi connectivity index (χ0v) is 9.10. The van der Waals surface area contributed by atoms with Gasteiger partial charge in [-0.2, -0.15) is 0 Å². The second kappa shape index (κ2) is 4.16. The molecule has 0 radical (unpaired) electrons. The van der Waals surface area contributed by atoms with Crippen LogP contribution in [0.3, 0.4) is 0 Å². The lowest BCUT2D eigenvalue weighted by atomic mass is 10.1. The topological polar surface area (TPSA) is 49.3 Å². The van der Waals surface area contributed by atoms with Crippen LogP contribution in [0, 0.1) is 5.82 Å². The van der Waals surface area contributed by atoms with Gasteiger partial charge in [0, 0.05) is 5.69 Å². The lowest BCUT2D eigenvalue weighted by Gasteiger charge is -2.16. The molecular weight excluding hydrogens is 221 g/mol. The minimum Gasteiger partial charge on any atom is -0.381 e. The highest BCUT2D eigenvalue weighted by atomic mass is 35.5. The Kier molecular flexibility index (Phi) is 3.31. The average molecular weight is 232 g/mol. The van der Waals surface area contributed by atoms with Crippen LogP contribution in [-0.2, 0) is 4.79 Å². The number of nitrogens with one attached hydrogen (secondary N) is 1. The number of hydrogen-bond acceptors (Lipinski definition) is 2. The zero-order chi connectivity index (χ0) is 11.6. The van der Waals surface area contributed by atoms with Crippen molar-refractivity contribution in [3.63, 3.8) is 0 Å². The Balaban J connectivity index is 2.83. The largest absolute Gasteiger partial charge is 0.381 e. The van der Waals surface area contributed by atoms with E-state index in [0.717, 1.165) is 6.07 Å². The summed E-state index contributed by atoms with van der Waals surface area (Å²) in [4.78, 5) is 11.3. The fourth-order valence-electron chi connectivity index (χ4n) is 0.858. The van der Waals surface area contributed by atoms with Gasteiger partial charge in [-0.3, -0.25) is 4.79 Å². The van der Waals surface area contributed by atoms with E-state index in [2.05, 4.69) is 5.32 Å². The van der Waals surface area contributed by atoms with E-state index >= 15 is 0 Å². The van der Waals surface area contributed by atoms with E-state index < -0.39 is 17.3 Å². The van der Waals surface area contributed by atoms with Crippen molar-refractivity contribution < 1.29 is 14.3 Å². The Bertz CT molecular complexity index is 387. The number of carbonyl (C=O) groups excluding carboxylic acids is 1. The molecule has 0 aliphatic carbocycles. The van der Waals surface area contributed by atoms with Crippen molar-refractivity contribution in [3.8, 4) is 0 Å². The number of aliphatic hydroxyl groups is 1. The predicted octanol–water partition coefficient (Wildman–Crippen LogP) is 2.19. The summed E-state index contributed by atoms with van der Waals surface area (Å²) in [6, 6.07) is 3.79. The van der Waals surface area contributed by atoms with Gasteiger partial charge in [0.2, 0.25) is 0 Å². The van der Waals surface area contributed by atoms with Gasteiger partial charge in [0.25, 0.3) is 5.91 Å². The molecule has 0 aliphatic rings. The average Bonchev–Trinajstić information content (AvgIpc) is 2.10. The minimum atomic E-state index is -1.49. The summed E-state index contributed by atoms with van der Waals surface area (Å²) in [5, 5.41) is 11.7. The van der Waals surface area contributed by atoms with E-state index in [1.807, 2.05) is 0 Å². The highest BCUT2D eigenvalue weighted by Gasteiger charge is 2.23. The van der Waals surface area contributed by atoms with Gasteiger partial charge in [-0.15, -0.1) is 0 Å². The van der Waals surface area contributed by atoms with Crippen LogP contribution < -0.4 is 5.32 Å². The first-order valence-corrected chi connectivity index (χ1v) is 4.67. The van der Waals surface area contributed by atoms with Gasteiger partial charge in [0.1, 0.15) is 11.4 Å². The van der Waals surface area contributed by atoms with Crippen molar-refractivity contribution in [2.75, 3.05) is 5.32 Å². The fourth-order valence-corrected chi connectivity index (χ4v) is 1.04. The molecule has 0 heterocycles. The lowest BCUT2D eigenvalue weighted by molar-refractivity contribution is -0.130. The minimum absolute atomic E-state index is 0.0801. The molecule has 82 valence electrons. The molecule has 0 saturated carbocycles. The second-order valence-electron chi connectivity index (χ2n) is 3.64. The quantitative estimate of drug-likeness (QED) is 0.820. The van der Waals surface area contributed by atoms with Crippen molar-refractivity contribution in [3.05, 3.63) is 29.0 Å². The molecule has 1 aromatic carbocycles. The Hall–Kier alpha value is -1.13. The molecule has 0 aromatic heterocycles. The first-order chi connectivity index (χ1) is 6.80. The maximum absolute atomic E-state index is 12.8. The van der Waals surface area contributed by atoms with Gasteiger partial charge < -0.3 is 10.4 Å². The van der Waals surface area contributed by atoms with Gasteiger partial charge in [-0.25, -0.2) is 4.39 Å². The van der Waals surface area contributed by atoms with Gasteiger partial charge in [0.15, 0.2) is 0 Å². The fraction of sp³-hybridized carbons (Fsp3) is 0.300. The summed E-state index contributed by atoms with van der Waals surface area (Å²) in [6.45, 7) is 2.71. The third-order valence-corrected chi connectivity index (χ3v) is 2.02.